The molecule has 2 heterocycles. The van der Waals surface area contributed by atoms with Gasteiger partial charge in [-0.05, 0) is 6.42 Å². The lowest BCUT2D eigenvalue weighted by Crippen LogP contribution is -2.38. The molecule has 1 fully saturated rings. The molecule has 1 aromatic rings. The Labute approximate surface area is 101 Å². The van der Waals surface area contributed by atoms with E-state index in [1.807, 2.05) is 13.1 Å². The molecule has 2 rings (SSSR count). The third-order valence-electron chi connectivity index (χ3n) is 3.03. The van der Waals surface area contributed by atoms with Crippen LogP contribution in [0.25, 0.3) is 0 Å². The standard InChI is InChI=1S/C11H20N4O2/c1-2-11(16)10-9-15(13-12-10)4-3-14-5-7-17-8-6-14/h9,11,16H,2-8H2,1H3. The zero-order valence-electron chi connectivity index (χ0n) is 10.2. The van der Waals surface area contributed by atoms with Gasteiger partial charge in [0.05, 0.1) is 32.1 Å². The molecule has 0 spiro atoms. The topological polar surface area (TPSA) is 63.4 Å². The van der Waals surface area contributed by atoms with Crippen LogP contribution in [0.5, 0.6) is 0 Å². The normalized spacial score (nSPS) is 19.4. The van der Waals surface area contributed by atoms with E-state index in [-0.39, 0.29) is 0 Å². The Balaban J connectivity index is 1.80. The van der Waals surface area contributed by atoms with Gasteiger partial charge in [-0.3, -0.25) is 9.58 Å². The van der Waals surface area contributed by atoms with Crippen molar-refractivity contribution in [3.05, 3.63) is 11.9 Å². The Kier molecular flexibility index (Phi) is 4.47. The highest BCUT2D eigenvalue weighted by Gasteiger charge is 2.12. The maximum atomic E-state index is 9.62. The maximum Gasteiger partial charge on any atom is 0.111 e. The summed E-state index contributed by atoms with van der Waals surface area (Å²) in [6.45, 7) is 7.29. The second-order valence-electron chi connectivity index (χ2n) is 4.28. The minimum atomic E-state index is -0.493. The first-order valence-corrected chi connectivity index (χ1v) is 6.17. The molecule has 6 nitrogen and oxygen atoms in total. The number of aliphatic hydroxyl groups excluding tert-OH is 1. The number of rotatable bonds is 5. The first-order chi connectivity index (χ1) is 8.29. The summed E-state index contributed by atoms with van der Waals surface area (Å²) in [5, 5.41) is 17.6. The van der Waals surface area contributed by atoms with E-state index in [0.717, 1.165) is 39.4 Å². The Hall–Kier alpha value is -0.980. The predicted molar refractivity (Wildman–Crippen MR) is 62.5 cm³/mol. The van der Waals surface area contributed by atoms with E-state index >= 15 is 0 Å². The van der Waals surface area contributed by atoms with E-state index < -0.39 is 6.10 Å². The summed E-state index contributed by atoms with van der Waals surface area (Å²) in [5.74, 6) is 0. The van der Waals surface area contributed by atoms with Crippen LogP contribution >= 0.6 is 0 Å². The van der Waals surface area contributed by atoms with Crippen LogP contribution in [0.15, 0.2) is 6.20 Å². The number of hydrogen-bond acceptors (Lipinski definition) is 5. The van der Waals surface area contributed by atoms with Crippen LogP contribution < -0.4 is 0 Å². The van der Waals surface area contributed by atoms with E-state index in [9.17, 15) is 5.11 Å². The quantitative estimate of drug-likeness (QED) is 0.788. The molecular formula is C11H20N4O2. The summed E-state index contributed by atoms with van der Waals surface area (Å²) < 4.78 is 7.09. The van der Waals surface area contributed by atoms with Gasteiger partial charge >= 0.3 is 0 Å². The molecule has 0 saturated carbocycles. The molecule has 1 aromatic heterocycles. The van der Waals surface area contributed by atoms with E-state index in [0.29, 0.717) is 12.1 Å². The highest BCUT2D eigenvalue weighted by Crippen LogP contribution is 2.11. The van der Waals surface area contributed by atoms with Gasteiger partial charge in [-0.2, -0.15) is 0 Å². The second kappa shape index (κ2) is 6.09. The average Bonchev–Trinajstić information content (AvgIpc) is 2.85. The fourth-order valence-corrected chi connectivity index (χ4v) is 1.85. The lowest BCUT2D eigenvalue weighted by Gasteiger charge is -2.26. The summed E-state index contributed by atoms with van der Waals surface area (Å²) in [4.78, 5) is 2.35. The Morgan fingerprint density at radius 2 is 2.18 bits per heavy atom. The first kappa shape index (κ1) is 12.5. The van der Waals surface area contributed by atoms with Crippen molar-refractivity contribution >= 4 is 0 Å². The maximum absolute atomic E-state index is 9.62. The van der Waals surface area contributed by atoms with Crippen LogP contribution in [0, 0.1) is 0 Å². The Morgan fingerprint density at radius 1 is 1.41 bits per heavy atom. The molecule has 1 saturated heterocycles. The summed E-state index contributed by atoms with van der Waals surface area (Å²) >= 11 is 0. The SMILES string of the molecule is CCC(O)c1cn(CCN2CCOCC2)nn1. The van der Waals surface area contributed by atoms with Crippen molar-refractivity contribution in [2.45, 2.75) is 26.0 Å². The van der Waals surface area contributed by atoms with Crippen LogP contribution in [0.4, 0.5) is 0 Å². The average molecular weight is 240 g/mol. The Bertz CT molecular complexity index is 336. The molecule has 0 aliphatic carbocycles. The highest BCUT2D eigenvalue weighted by molar-refractivity contribution is 4.96. The van der Waals surface area contributed by atoms with Crippen molar-refractivity contribution < 1.29 is 9.84 Å². The van der Waals surface area contributed by atoms with Crippen LogP contribution in [-0.4, -0.2) is 57.8 Å². The molecule has 1 aliphatic heterocycles. The molecule has 0 radical (unpaired) electrons. The lowest BCUT2D eigenvalue weighted by molar-refractivity contribution is 0.0359. The van der Waals surface area contributed by atoms with Gasteiger partial charge in [0.1, 0.15) is 5.69 Å². The summed E-state index contributed by atoms with van der Waals surface area (Å²) in [7, 11) is 0. The molecule has 6 heteroatoms. The van der Waals surface area contributed by atoms with Gasteiger partial charge in [0, 0.05) is 19.6 Å². The van der Waals surface area contributed by atoms with Crippen LogP contribution in [0.2, 0.25) is 0 Å². The minimum absolute atomic E-state index is 0.493. The van der Waals surface area contributed by atoms with Crippen LogP contribution in [-0.2, 0) is 11.3 Å². The van der Waals surface area contributed by atoms with Gasteiger partial charge in [-0.15, -0.1) is 5.10 Å². The molecule has 0 amide bonds. The third-order valence-corrected chi connectivity index (χ3v) is 3.03. The third kappa shape index (κ3) is 3.49. The van der Waals surface area contributed by atoms with Gasteiger partial charge in [0.2, 0.25) is 0 Å². The molecular weight excluding hydrogens is 220 g/mol. The number of aliphatic hydroxyl groups is 1. The Morgan fingerprint density at radius 3 is 2.88 bits per heavy atom. The monoisotopic (exact) mass is 240 g/mol. The van der Waals surface area contributed by atoms with Crippen molar-refractivity contribution in [3.63, 3.8) is 0 Å². The molecule has 1 unspecified atom stereocenters. The zero-order chi connectivity index (χ0) is 12.1. The lowest BCUT2D eigenvalue weighted by atomic mass is 10.2. The van der Waals surface area contributed by atoms with Crippen molar-refractivity contribution in [1.82, 2.24) is 19.9 Å². The molecule has 17 heavy (non-hydrogen) atoms. The molecule has 1 aliphatic rings. The molecule has 1 N–H and O–H groups in total. The predicted octanol–water partition coefficient (Wildman–Crippen LogP) is 0.0537. The van der Waals surface area contributed by atoms with Gasteiger partial charge < -0.3 is 9.84 Å². The number of aromatic nitrogens is 3. The van der Waals surface area contributed by atoms with E-state index in [1.54, 1.807) is 4.68 Å². The summed E-state index contributed by atoms with van der Waals surface area (Å²) in [5.41, 5.74) is 0.662. The minimum Gasteiger partial charge on any atom is -0.387 e. The van der Waals surface area contributed by atoms with Gasteiger partial charge in [-0.25, -0.2) is 0 Å². The van der Waals surface area contributed by atoms with Crippen molar-refractivity contribution in [2.75, 3.05) is 32.8 Å². The number of morpholine rings is 1. The number of nitrogens with zero attached hydrogens (tertiary/aromatic N) is 4. The summed E-state index contributed by atoms with van der Waals surface area (Å²) in [6.07, 6.45) is 2.00. The van der Waals surface area contributed by atoms with Crippen molar-refractivity contribution in [3.8, 4) is 0 Å². The molecule has 0 aromatic carbocycles. The molecule has 96 valence electrons. The number of hydrogen-bond donors (Lipinski definition) is 1. The zero-order valence-corrected chi connectivity index (χ0v) is 10.2. The van der Waals surface area contributed by atoms with E-state index in [4.69, 9.17) is 4.74 Å². The van der Waals surface area contributed by atoms with Crippen molar-refractivity contribution in [2.24, 2.45) is 0 Å². The van der Waals surface area contributed by atoms with Crippen LogP contribution in [0.1, 0.15) is 25.1 Å². The van der Waals surface area contributed by atoms with E-state index in [2.05, 4.69) is 15.2 Å². The van der Waals surface area contributed by atoms with E-state index in [1.165, 1.54) is 0 Å². The van der Waals surface area contributed by atoms with Crippen LogP contribution in [0.3, 0.4) is 0 Å². The van der Waals surface area contributed by atoms with Gasteiger partial charge in [0.15, 0.2) is 0 Å². The fourth-order valence-electron chi connectivity index (χ4n) is 1.85. The largest absolute Gasteiger partial charge is 0.387 e. The van der Waals surface area contributed by atoms with Crippen molar-refractivity contribution in [1.29, 1.82) is 0 Å². The summed E-state index contributed by atoms with van der Waals surface area (Å²) in [6, 6.07) is 0. The fraction of sp³-hybridized carbons (Fsp3) is 0.818. The first-order valence-electron chi connectivity index (χ1n) is 6.17. The smallest absolute Gasteiger partial charge is 0.111 e. The number of ether oxygens (including phenoxy) is 1. The van der Waals surface area contributed by atoms with Gasteiger partial charge in [-0.1, -0.05) is 12.1 Å². The molecule has 1 atom stereocenters. The second-order valence-corrected chi connectivity index (χ2v) is 4.28. The molecule has 0 bridgehead atoms. The highest BCUT2D eigenvalue weighted by atomic mass is 16.5. The van der Waals surface area contributed by atoms with Gasteiger partial charge in [0.25, 0.3) is 0 Å².